The van der Waals surface area contributed by atoms with Crippen molar-refractivity contribution in [1.29, 1.82) is 0 Å². The van der Waals surface area contributed by atoms with Crippen LogP contribution in [-0.2, 0) is 0 Å². The zero-order chi connectivity index (χ0) is 15.2. The molecule has 0 aliphatic carbocycles. The first kappa shape index (κ1) is 16.1. The number of benzene rings is 1. The summed E-state index contributed by atoms with van der Waals surface area (Å²) in [6, 6.07) is 13.4. The van der Waals surface area contributed by atoms with Crippen molar-refractivity contribution in [3.63, 3.8) is 0 Å². The van der Waals surface area contributed by atoms with Crippen LogP contribution in [0.2, 0.25) is 0 Å². The van der Waals surface area contributed by atoms with Gasteiger partial charge in [-0.15, -0.1) is 11.8 Å². The first-order chi connectivity index (χ1) is 10.1. The van der Waals surface area contributed by atoms with Crippen LogP contribution in [0.1, 0.15) is 35.3 Å². The highest BCUT2D eigenvalue weighted by Crippen LogP contribution is 2.24. The van der Waals surface area contributed by atoms with Gasteiger partial charge < -0.3 is 5.32 Å². The lowest BCUT2D eigenvalue weighted by molar-refractivity contribution is 0.605. The standard InChI is InChI=1S/C18H24N2S/c1-5-19-17(16-8-6-13(2)7-9-16)12-21-18-11-14(3)10-15(4)20-18/h6-11,17,19H,5,12H2,1-4H3. The van der Waals surface area contributed by atoms with Gasteiger partial charge in [0.05, 0.1) is 5.03 Å². The third kappa shape index (κ3) is 4.87. The van der Waals surface area contributed by atoms with Crippen LogP contribution in [0.15, 0.2) is 41.4 Å². The fourth-order valence-corrected chi connectivity index (χ4v) is 3.49. The molecule has 0 fully saturated rings. The van der Waals surface area contributed by atoms with Crippen LogP contribution in [0.4, 0.5) is 0 Å². The molecule has 1 aromatic carbocycles. The van der Waals surface area contributed by atoms with E-state index < -0.39 is 0 Å². The fraction of sp³-hybridized carbons (Fsp3) is 0.389. The number of nitrogens with one attached hydrogen (secondary N) is 1. The largest absolute Gasteiger partial charge is 0.309 e. The predicted octanol–water partition coefficient (Wildman–Crippen LogP) is 4.45. The Morgan fingerprint density at radius 1 is 1.05 bits per heavy atom. The minimum Gasteiger partial charge on any atom is -0.309 e. The predicted molar refractivity (Wildman–Crippen MR) is 92.0 cm³/mol. The molecule has 1 unspecified atom stereocenters. The molecule has 3 heteroatoms. The molecule has 0 spiro atoms. The maximum Gasteiger partial charge on any atom is 0.0966 e. The van der Waals surface area contributed by atoms with E-state index in [4.69, 9.17) is 0 Å². The second-order valence-electron chi connectivity index (χ2n) is 5.46. The molecular formula is C18H24N2S. The molecule has 1 heterocycles. The van der Waals surface area contributed by atoms with Crippen LogP contribution >= 0.6 is 11.8 Å². The minimum absolute atomic E-state index is 0.364. The van der Waals surface area contributed by atoms with Crippen molar-refractivity contribution < 1.29 is 0 Å². The molecule has 112 valence electrons. The molecule has 0 saturated carbocycles. The van der Waals surface area contributed by atoms with Crippen LogP contribution in [-0.4, -0.2) is 17.3 Å². The second-order valence-corrected chi connectivity index (χ2v) is 6.50. The molecule has 21 heavy (non-hydrogen) atoms. The second kappa shape index (κ2) is 7.62. The highest BCUT2D eigenvalue weighted by Gasteiger charge is 2.11. The Morgan fingerprint density at radius 3 is 2.38 bits per heavy atom. The summed E-state index contributed by atoms with van der Waals surface area (Å²) in [5.74, 6) is 0.993. The van der Waals surface area contributed by atoms with E-state index in [2.05, 4.69) is 74.4 Å². The highest BCUT2D eigenvalue weighted by atomic mass is 32.2. The Labute approximate surface area is 132 Å². The van der Waals surface area contributed by atoms with E-state index in [0.29, 0.717) is 6.04 Å². The van der Waals surface area contributed by atoms with Crippen molar-refractivity contribution in [2.75, 3.05) is 12.3 Å². The summed E-state index contributed by atoms with van der Waals surface area (Å²) in [6.45, 7) is 9.43. The number of rotatable bonds is 6. The molecule has 0 amide bonds. The molecule has 1 atom stereocenters. The van der Waals surface area contributed by atoms with Crippen LogP contribution < -0.4 is 5.32 Å². The summed E-state index contributed by atoms with van der Waals surface area (Å²) in [5, 5.41) is 4.68. The Balaban J connectivity index is 2.07. The van der Waals surface area contributed by atoms with Crippen molar-refractivity contribution >= 4 is 11.8 Å². The summed E-state index contributed by atoms with van der Waals surface area (Å²) in [5.41, 5.74) is 5.02. The van der Waals surface area contributed by atoms with Crippen molar-refractivity contribution in [1.82, 2.24) is 10.3 Å². The van der Waals surface area contributed by atoms with Gasteiger partial charge >= 0.3 is 0 Å². The van der Waals surface area contributed by atoms with Gasteiger partial charge in [0, 0.05) is 17.5 Å². The number of nitrogens with zero attached hydrogens (tertiary/aromatic N) is 1. The number of pyridine rings is 1. The highest BCUT2D eigenvalue weighted by molar-refractivity contribution is 7.99. The Kier molecular flexibility index (Phi) is 5.83. The van der Waals surface area contributed by atoms with E-state index in [1.165, 1.54) is 16.7 Å². The first-order valence-electron chi connectivity index (χ1n) is 7.46. The maximum atomic E-state index is 4.61. The van der Waals surface area contributed by atoms with Gasteiger partial charge in [-0.05, 0) is 50.6 Å². The molecule has 1 N–H and O–H groups in total. The SMILES string of the molecule is CCNC(CSc1cc(C)cc(C)n1)c1ccc(C)cc1. The molecule has 2 nitrogen and oxygen atoms in total. The Bertz CT molecular complexity index is 558. The molecule has 2 aromatic rings. The average Bonchev–Trinajstić information content (AvgIpc) is 2.43. The summed E-state index contributed by atoms with van der Waals surface area (Å²) >= 11 is 1.82. The summed E-state index contributed by atoms with van der Waals surface area (Å²) in [6.07, 6.45) is 0. The van der Waals surface area contributed by atoms with Gasteiger partial charge in [-0.1, -0.05) is 36.8 Å². The lowest BCUT2D eigenvalue weighted by atomic mass is 10.1. The Morgan fingerprint density at radius 2 is 1.76 bits per heavy atom. The van der Waals surface area contributed by atoms with Crippen molar-refractivity contribution in [2.24, 2.45) is 0 Å². The molecule has 0 aliphatic rings. The maximum absolute atomic E-state index is 4.61. The molecular weight excluding hydrogens is 276 g/mol. The topological polar surface area (TPSA) is 24.9 Å². The van der Waals surface area contributed by atoms with E-state index >= 15 is 0 Å². The molecule has 0 bridgehead atoms. The molecule has 2 rings (SSSR count). The zero-order valence-electron chi connectivity index (χ0n) is 13.3. The van der Waals surface area contributed by atoms with E-state index in [0.717, 1.165) is 23.0 Å². The molecule has 0 radical (unpaired) electrons. The summed E-state index contributed by atoms with van der Waals surface area (Å²) in [4.78, 5) is 4.61. The Hall–Kier alpha value is -1.32. The van der Waals surface area contributed by atoms with Crippen LogP contribution in [0.25, 0.3) is 0 Å². The normalized spacial score (nSPS) is 12.4. The first-order valence-corrected chi connectivity index (χ1v) is 8.45. The molecule has 0 aliphatic heterocycles. The third-order valence-electron chi connectivity index (χ3n) is 3.40. The van der Waals surface area contributed by atoms with E-state index in [9.17, 15) is 0 Å². The number of aromatic nitrogens is 1. The van der Waals surface area contributed by atoms with Gasteiger partial charge in [-0.3, -0.25) is 0 Å². The summed E-state index contributed by atoms with van der Waals surface area (Å²) in [7, 11) is 0. The molecule has 0 saturated heterocycles. The number of thioether (sulfide) groups is 1. The van der Waals surface area contributed by atoms with Gasteiger partial charge in [-0.25, -0.2) is 4.98 Å². The lowest BCUT2D eigenvalue weighted by Crippen LogP contribution is -2.23. The van der Waals surface area contributed by atoms with Crippen LogP contribution in [0, 0.1) is 20.8 Å². The van der Waals surface area contributed by atoms with Crippen LogP contribution in [0.3, 0.4) is 0 Å². The van der Waals surface area contributed by atoms with Crippen molar-refractivity contribution in [3.05, 3.63) is 58.8 Å². The number of hydrogen-bond acceptors (Lipinski definition) is 3. The lowest BCUT2D eigenvalue weighted by Gasteiger charge is -2.18. The minimum atomic E-state index is 0.364. The number of hydrogen-bond donors (Lipinski definition) is 1. The zero-order valence-corrected chi connectivity index (χ0v) is 14.1. The van der Waals surface area contributed by atoms with Crippen molar-refractivity contribution in [2.45, 2.75) is 38.8 Å². The van der Waals surface area contributed by atoms with E-state index in [1.54, 1.807) is 0 Å². The van der Waals surface area contributed by atoms with Gasteiger partial charge in [0.1, 0.15) is 0 Å². The van der Waals surface area contributed by atoms with Crippen molar-refractivity contribution in [3.8, 4) is 0 Å². The smallest absolute Gasteiger partial charge is 0.0966 e. The number of aryl methyl sites for hydroxylation is 3. The van der Waals surface area contributed by atoms with Gasteiger partial charge in [0.15, 0.2) is 0 Å². The van der Waals surface area contributed by atoms with Gasteiger partial charge in [0.25, 0.3) is 0 Å². The van der Waals surface area contributed by atoms with Crippen LogP contribution in [0.5, 0.6) is 0 Å². The summed E-state index contributed by atoms with van der Waals surface area (Å²) < 4.78 is 0. The molecule has 1 aromatic heterocycles. The average molecular weight is 300 g/mol. The fourth-order valence-electron chi connectivity index (χ4n) is 2.37. The van der Waals surface area contributed by atoms with Gasteiger partial charge in [0.2, 0.25) is 0 Å². The van der Waals surface area contributed by atoms with E-state index in [-0.39, 0.29) is 0 Å². The monoisotopic (exact) mass is 300 g/mol. The quantitative estimate of drug-likeness (QED) is 0.798. The third-order valence-corrected chi connectivity index (χ3v) is 4.41. The van der Waals surface area contributed by atoms with E-state index in [1.807, 2.05) is 11.8 Å². The van der Waals surface area contributed by atoms with Gasteiger partial charge in [-0.2, -0.15) is 0 Å².